The van der Waals surface area contributed by atoms with Crippen LogP contribution >= 0.6 is 0 Å². The van der Waals surface area contributed by atoms with Gasteiger partial charge in [0.1, 0.15) is 5.60 Å². The minimum absolute atomic E-state index is 0.153. The fourth-order valence-electron chi connectivity index (χ4n) is 1.87. The molecule has 20 heavy (non-hydrogen) atoms. The van der Waals surface area contributed by atoms with Crippen LogP contribution in [0.15, 0.2) is 24.3 Å². The molecule has 1 fully saturated rings. The molecule has 108 valence electrons. The highest BCUT2D eigenvalue weighted by Crippen LogP contribution is 2.33. The summed E-state index contributed by atoms with van der Waals surface area (Å²) >= 11 is 0. The van der Waals surface area contributed by atoms with Crippen LogP contribution in [0.4, 0.5) is 10.5 Å². The van der Waals surface area contributed by atoms with E-state index in [1.54, 1.807) is 17.0 Å². The van der Waals surface area contributed by atoms with E-state index in [-0.39, 0.29) is 17.7 Å². The van der Waals surface area contributed by atoms with Crippen molar-refractivity contribution in [2.24, 2.45) is 0 Å². The van der Waals surface area contributed by atoms with Gasteiger partial charge in [-0.15, -0.1) is 0 Å². The molecule has 1 N–H and O–H groups in total. The summed E-state index contributed by atoms with van der Waals surface area (Å²) in [7, 11) is 0. The Balaban J connectivity index is 2.20. The molecule has 2 rings (SSSR count). The highest BCUT2D eigenvalue weighted by atomic mass is 16.6. The molecule has 0 bridgehead atoms. The molecule has 0 heterocycles. The number of carboxylic acid groups (broad SMARTS) is 1. The lowest BCUT2D eigenvalue weighted by Crippen LogP contribution is -2.38. The molecule has 1 aromatic carbocycles. The quantitative estimate of drug-likeness (QED) is 0.920. The van der Waals surface area contributed by atoms with Crippen LogP contribution in [0.1, 0.15) is 44.0 Å². The molecule has 0 radical (unpaired) electrons. The van der Waals surface area contributed by atoms with Gasteiger partial charge in [0.15, 0.2) is 0 Å². The van der Waals surface area contributed by atoms with E-state index in [2.05, 4.69) is 0 Å². The number of carbonyl (C=O) groups excluding carboxylic acids is 1. The second-order valence-corrected chi connectivity index (χ2v) is 5.93. The standard InChI is InChI=1S/C15H19NO4/c1-15(2,3)20-14(19)16(12-8-9-12)11-6-4-10(5-7-11)13(17)18/h4-7,12H,8-9H2,1-3H3,(H,17,18). The molecular weight excluding hydrogens is 258 g/mol. The van der Waals surface area contributed by atoms with Gasteiger partial charge in [0, 0.05) is 11.7 Å². The van der Waals surface area contributed by atoms with Crippen molar-refractivity contribution in [2.45, 2.75) is 45.3 Å². The molecule has 1 aliphatic rings. The Hall–Kier alpha value is -2.04. The van der Waals surface area contributed by atoms with Gasteiger partial charge in [-0.1, -0.05) is 0 Å². The highest BCUT2D eigenvalue weighted by Gasteiger charge is 2.36. The largest absolute Gasteiger partial charge is 0.478 e. The number of amides is 1. The maximum Gasteiger partial charge on any atom is 0.415 e. The van der Waals surface area contributed by atoms with E-state index < -0.39 is 11.6 Å². The number of ether oxygens (including phenoxy) is 1. The molecule has 0 aromatic heterocycles. The molecule has 1 aliphatic carbocycles. The predicted molar refractivity (Wildman–Crippen MR) is 75.1 cm³/mol. The molecule has 0 unspecified atom stereocenters. The van der Waals surface area contributed by atoms with Gasteiger partial charge in [-0.25, -0.2) is 9.59 Å². The van der Waals surface area contributed by atoms with Crippen LogP contribution in [0, 0.1) is 0 Å². The summed E-state index contributed by atoms with van der Waals surface area (Å²) in [6.07, 6.45) is 1.50. The Labute approximate surface area is 118 Å². The molecule has 1 amide bonds. The summed E-state index contributed by atoms with van der Waals surface area (Å²) in [5, 5.41) is 8.89. The summed E-state index contributed by atoms with van der Waals surface area (Å²) < 4.78 is 5.40. The van der Waals surface area contributed by atoms with Crippen molar-refractivity contribution in [2.75, 3.05) is 4.90 Å². The van der Waals surface area contributed by atoms with Crippen molar-refractivity contribution in [3.8, 4) is 0 Å². The average molecular weight is 277 g/mol. The fourth-order valence-corrected chi connectivity index (χ4v) is 1.87. The number of benzene rings is 1. The monoisotopic (exact) mass is 277 g/mol. The lowest BCUT2D eigenvalue weighted by Gasteiger charge is -2.27. The van der Waals surface area contributed by atoms with Crippen LogP contribution in [0.5, 0.6) is 0 Å². The number of carbonyl (C=O) groups is 2. The number of aromatic carboxylic acids is 1. The lowest BCUT2D eigenvalue weighted by atomic mass is 10.2. The third kappa shape index (κ3) is 3.50. The van der Waals surface area contributed by atoms with E-state index in [4.69, 9.17) is 9.84 Å². The summed E-state index contributed by atoms with van der Waals surface area (Å²) in [5.41, 5.74) is 0.325. The van der Waals surface area contributed by atoms with Crippen molar-refractivity contribution in [3.05, 3.63) is 29.8 Å². The number of nitrogens with zero attached hydrogens (tertiary/aromatic N) is 1. The predicted octanol–water partition coefficient (Wildman–Crippen LogP) is 3.29. The topological polar surface area (TPSA) is 66.8 Å². The second-order valence-electron chi connectivity index (χ2n) is 5.93. The van der Waals surface area contributed by atoms with Crippen LogP contribution in [-0.4, -0.2) is 28.8 Å². The van der Waals surface area contributed by atoms with E-state index in [0.717, 1.165) is 12.8 Å². The Morgan fingerprint density at radius 3 is 2.15 bits per heavy atom. The molecule has 0 aliphatic heterocycles. The molecule has 5 heteroatoms. The maximum atomic E-state index is 12.2. The zero-order valence-electron chi connectivity index (χ0n) is 11.9. The van der Waals surface area contributed by atoms with Crippen LogP contribution in [0.2, 0.25) is 0 Å². The van der Waals surface area contributed by atoms with E-state index >= 15 is 0 Å². The van der Waals surface area contributed by atoms with Crippen molar-refractivity contribution < 1.29 is 19.4 Å². The summed E-state index contributed by atoms with van der Waals surface area (Å²) in [6, 6.07) is 6.44. The van der Waals surface area contributed by atoms with Crippen LogP contribution in [0.3, 0.4) is 0 Å². The Bertz CT molecular complexity index is 512. The minimum Gasteiger partial charge on any atom is -0.478 e. The summed E-state index contributed by atoms with van der Waals surface area (Å²) in [6.45, 7) is 5.47. The van der Waals surface area contributed by atoms with Gasteiger partial charge in [-0.2, -0.15) is 0 Å². The molecule has 0 atom stereocenters. The van der Waals surface area contributed by atoms with E-state index in [9.17, 15) is 9.59 Å². The Kier molecular flexibility index (Phi) is 3.70. The van der Waals surface area contributed by atoms with Crippen molar-refractivity contribution >= 4 is 17.7 Å². The number of hydrogen-bond donors (Lipinski definition) is 1. The van der Waals surface area contributed by atoms with Gasteiger partial charge in [0.2, 0.25) is 0 Å². The first-order valence-electron chi connectivity index (χ1n) is 6.63. The smallest absolute Gasteiger partial charge is 0.415 e. The van der Waals surface area contributed by atoms with E-state index in [0.29, 0.717) is 5.69 Å². The van der Waals surface area contributed by atoms with Crippen molar-refractivity contribution in [3.63, 3.8) is 0 Å². The van der Waals surface area contributed by atoms with Crippen LogP contribution in [0.25, 0.3) is 0 Å². The van der Waals surface area contributed by atoms with Crippen molar-refractivity contribution in [1.82, 2.24) is 0 Å². The zero-order valence-corrected chi connectivity index (χ0v) is 11.9. The SMILES string of the molecule is CC(C)(C)OC(=O)N(c1ccc(C(=O)O)cc1)C1CC1. The van der Waals surface area contributed by atoms with Gasteiger partial charge in [-0.3, -0.25) is 4.90 Å². The highest BCUT2D eigenvalue weighted by molar-refractivity contribution is 5.91. The first-order valence-corrected chi connectivity index (χ1v) is 6.63. The molecule has 1 saturated carbocycles. The maximum absolute atomic E-state index is 12.2. The van der Waals surface area contributed by atoms with E-state index in [1.165, 1.54) is 12.1 Å². The molecule has 0 spiro atoms. The van der Waals surface area contributed by atoms with Crippen molar-refractivity contribution in [1.29, 1.82) is 0 Å². The first kappa shape index (κ1) is 14.4. The minimum atomic E-state index is -0.980. The van der Waals surface area contributed by atoms with Gasteiger partial charge < -0.3 is 9.84 Å². The Morgan fingerprint density at radius 2 is 1.75 bits per heavy atom. The number of carboxylic acids is 1. The molecular formula is C15H19NO4. The van der Waals surface area contributed by atoms with Crippen LogP contribution in [-0.2, 0) is 4.74 Å². The van der Waals surface area contributed by atoms with Crippen LogP contribution < -0.4 is 4.90 Å². The molecule has 1 aromatic rings. The van der Waals surface area contributed by atoms with Gasteiger partial charge in [-0.05, 0) is 57.9 Å². The molecule has 0 saturated heterocycles. The van der Waals surface area contributed by atoms with E-state index in [1.807, 2.05) is 20.8 Å². The summed E-state index contributed by atoms with van der Waals surface area (Å²) in [4.78, 5) is 24.7. The lowest BCUT2D eigenvalue weighted by molar-refractivity contribution is 0.0577. The zero-order chi connectivity index (χ0) is 14.9. The number of hydrogen-bond acceptors (Lipinski definition) is 3. The second kappa shape index (κ2) is 5.15. The van der Waals surface area contributed by atoms with Gasteiger partial charge >= 0.3 is 12.1 Å². The normalized spacial score (nSPS) is 14.8. The Morgan fingerprint density at radius 1 is 1.20 bits per heavy atom. The molecule has 5 nitrogen and oxygen atoms in total. The third-order valence-corrected chi connectivity index (χ3v) is 2.89. The van der Waals surface area contributed by atoms with Gasteiger partial charge in [0.05, 0.1) is 5.56 Å². The first-order chi connectivity index (χ1) is 9.28. The third-order valence-electron chi connectivity index (χ3n) is 2.89. The van der Waals surface area contributed by atoms with Gasteiger partial charge in [0.25, 0.3) is 0 Å². The number of rotatable bonds is 3. The fraction of sp³-hybridized carbons (Fsp3) is 0.467. The summed E-state index contributed by atoms with van der Waals surface area (Å²) in [5.74, 6) is -0.980. The average Bonchev–Trinajstić information content (AvgIpc) is 3.12. The number of anilines is 1.